The van der Waals surface area contributed by atoms with Gasteiger partial charge in [0.05, 0.1) is 6.54 Å². The Bertz CT molecular complexity index is 387. The van der Waals surface area contributed by atoms with Gasteiger partial charge in [0, 0.05) is 33.1 Å². The van der Waals surface area contributed by atoms with Crippen LogP contribution in [-0.2, 0) is 9.59 Å². The first kappa shape index (κ1) is 17.7. The highest BCUT2D eigenvalue weighted by atomic mass is 19.4. The average Bonchev–Trinajstić information content (AvgIpc) is 2.46. The highest BCUT2D eigenvalue weighted by molar-refractivity contribution is 5.86. The molecular formula is C13H22F3N3O2. The molecule has 0 bridgehead atoms. The highest BCUT2D eigenvalue weighted by Gasteiger charge is 2.33. The van der Waals surface area contributed by atoms with Gasteiger partial charge in [0.25, 0.3) is 0 Å². The molecule has 0 aromatic carbocycles. The molecule has 8 heteroatoms. The van der Waals surface area contributed by atoms with Gasteiger partial charge in [-0.05, 0) is 12.8 Å². The molecular weight excluding hydrogens is 287 g/mol. The van der Waals surface area contributed by atoms with Crippen molar-refractivity contribution in [2.45, 2.75) is 33.0 Å². The van der Waals surface area contributed by atoms with E-state index in [4.69, 9.17) is 0 Å². The molecule has 0 aliphatic carbocycles. The summed E-state index contributed by atoms with van der Waals surface area (Å²) in [6, 6.07) is -0.663. The van der Waals surface area contributed by atoms with Crippen LogP contribution in [0.15, 0.2) is 0 Å². The van der Waals surface area contributed by atoms with Crippen LogP contribution in [0.2, 0.25) is 0 Å². The molecule has 0 aromatic rings. The molecule has 0 radical (unpaired) electrons. The van der Waals surface area contributed by atoms with E-state index in [1.54, 1.807) is 6.92 Å². The van der Waals surface area contributed by atoms with Crippen molar-refractivity contribution >= 4 is 11.8 Å². The summed E-state index contributed by atoms with van der Waals surface area (Å²) >= 11 is 0. The molecule has 122 valence electrons. The monoisotopic (exact) mass is 309 g/mol. The Morgan fingerprint density at radius 2 is 1.90 bits per heavy atom. The molecule has 0 aromatic heterocycles. The Morgan fingerprint density at radius 3 is 2.43 bits per heavy atom. The van der Waals surface area contributed by atoms with Gasteiger partial charge in [0.15, 0.2) is 0 Å². The number of carbonyl (C=O) groups excluding carboxylic acids is 2. The van der Waals surface area contributed by atoms with Crippen LogP contribution in [0, 0.1) is 5.92 Å². The summed E-state index contributed by atoms with van der Waals surface area (Å²) in [5.74, 6) is -0.619. The number of hydrogen-bond donors (Lipinski definition) is 1. The van der Waals surface area contributed by atoms with Crippen LogP contribution in [0.5, 0.6) is 0 Å². The van der Waals surface area contributed by atoms with Gasteiger partial charge >= 0.3 is 6.18 Å². The van der Waals surface area contributed by atoms with Gasteiger partial charge in [-0.2, -0.15) is 13.2 Å². The topological polar surface area (TPSA) is 52.7 Å². The van der Waals surface area contributed by atoms with Gasteiger partial charge < -0.3 is 10.2 Å². The van der Waals surface area contributed by atoms with Crippen molar-refractivity contribution in [2.75, 3.05) is 32.7 Å². The predicted molar refractivity (Wildman–Crippen MR) is 71.5 cm³/mol. The molecule has 1 fully saturated rings. The number of carbonyl (C=O) groups is 2. The molecule has 1 aliphatic heterocycles. The molecule has 1 N–H and O–H groups in total. The zero-order valence-corrected chi connectivity index (χ0v) is 12.5. The number of hydrogen-bond acceptors (Lipinski definition) is 3. The lowest BCUT2D eigenvalue weighted by Crippen LogP contribution is -2.48. The van der Waals surface area contributed by atoms with Crippen LogP contribution in [0.3, 0.4) is 0 Å². The SMILES string of the molecule is CC(=O)NC(C)C(=O)N1CCN(CC(F)(F)F)CC(C)C1. The molecule has 0 saturated carbocycles. The lowest BCUT2D eigenvalue weighted by molar-refractivity contribution is -0.146. The lowest BCUT2D eigenvalue weighted by atomic mass is 10.1. The Hall–Kier alpha value is -1.31. The zero-order valence-electron chi connectivity index (χ0n) is 12.5. The van der Waals surface area contributed by atoms with Crippen molar-refractivity contribution in [1.29, 1.82) is 0 Å². The highest BCUT2D eigenvalue weighted by Crippen LogP contribution is 2.19. The van der Waals surface area contributed by atoms with Crippen LogP contribution in [0.25, 0.3) is 0 Å². The molecule has 2 amide bonds. The number of nitrogens with one attached hydrogen (secondary N) is 1. The number of halogens is 3. The summed E-state index contributed by atoms with van der Waals surface area (Å²) in [5.41, 5.74) is 0. The normalized spacial score (nSPS) is 22.6. The molecule has 1 rings (SSSR count). The Kier molecular flexibility index (Phi) is 6.00. The maximum Gasteiger partial charge on any atom is 0.401 e. The number of amides is 2. The predicted octanol–water partition coefficient (Wildman–Crippen LogP) is 0.854. The molecule has 2 atom stereocenters. The molecule has 1 heterocycles. The summed E-state index contributed by atoms with van der Waals surface area (Å²) < 4.78 is 37.4. The summed E-state index contributed by atoms with van der Waals surface area (Å²) in [6.07, 6.45) is -4.23. The third-order valence-corrected chi connectivity index (χ3v) is 3.29. The van der Waals surface area contributed by atoms with Crippen LogP contribution < -0.4 is 5.32 Å². The minimum Gasteiger partial charge on any atom is -0.345 e. The molecule has 21 heavy (non-hydrogen) atoms. The molecule has 2 unspecified atom stereocenters. The average molecular weight is 309 g/mol. The van der Waals surface area contributed by atoms with Crippen LogP contribution in [-0.4, -0.2) is 66.6 Å². The summed E-state index contributed by atoms with van der Waals surface area (Å²) in [4.78, 5) is 26.0. The quantitative estimate of drug-likeness (QED) is 0.841. The standard InChI is InChI=1S/C13H22F3N3O2/c1-9-6-18(8-13(14,15)16)4-5-19(7-9)12(21)10(2)17-11(3)20/h9-10H,4-8H2,1-3H3,(H,17,20). The van der Waals surface area contributed by atoms with E-state index in [2.05, 4.69) is 5.32 Å². The van der Waals surface area contributed by atoms with E-state index in [1.807, 2.05) is 6.92 Å². The fourth-order valence-electron chi connectivity index (χ4n) is 2.56. The van der Waals surface area contributed by atoms with Crippen LogP contribution in [0.1, 0.15) is 20.8 Å². The summed E-state index contributed by atoms with van der Waals surface area (Å²) in [7, 11) is 0. The second-order valence-corrected chi connectivity index (χ2v) is 5.66. The minimum absolute atomic E-state index is 0.0525. The third-order valence-electron chi connectivity index (χ3n) is 3.29. The number of alkyl halides is 3. The van der Waals surface area contributed by atoms with E-state index in [-0.39, 0.29) is 30.8 Å². The summed E-state index contributed by atoms with van der Waals surface area (Å²) in [6.45, 7) is 4.88. The van der Waals surface area contributed by atoms with E-state index in [9.17, 15) is 22.8 Å². The van der Waals surface area contributed by atoms with Crippen molar-refractivity contribution in [1.82, 2.24) is 15.1 Å². The molecule has 1 aliphatic rings. The first-order chi connectivity index (χ1) is 9.58. The first-order valence-corrected chi connectivity index (χ1v) is 6.93. The van der Waals surface area contributed by atoms with E-state index >= 15 is 0 Å². The van der Waals surface area contributed by atoms with E-state index in [0.717, 1.165) is 0 Å². The Morgan fingerprint density at radius 1 is 1.29 bits per heavy atom. The van der Waals surface area contributed by atoms with Gasteiger partial charge in [-0.15, -0.1) is 0 Å². The van der Waals surface area contributed by atoms with Crippen molar-refractivity contribution in [3.05, 3.63) is 0 Å². The van der Waals surface area contributed by atoms with E-state index < -0.39 is 18.8 Å². The number of rotatable bonds is 3. The van der Waals surface area contributed by atoms with Gasteiger partial charge in [-0.3, -0.25) is 14.5 Å². The zero-order chi connectivity index (χ0) is 16.2. The van der Waals surface area contributed by atoms with E-state index in [0.29, 0.717) is 13.1 Å². The largest absolute Gasteiger partial charge is 0.401 e. The Labute approximate surface area is 122 Å². The lowest BCUT2D eigenvalue weighted by Gasteiger charge is -2.25. The third kappa shape index (κ3) is 6.33. The minimum atomic E-state index is -4.23. The van der Waals surface area contributed by atoms with Gasteiger partial charge in [-0.1, -0.05) is 6.92 Å². The van der Waals surface area contributed by atoms with Crippen molar-refractivity contribution < 1.29 is 22.8 Å². The fraction of sp³-hybridized carbons (Fsp3) is 0.846. The fourth-order valence-corrected chi connectivity index (χ4v) is 2.56. The first-order valence-electron chi connectivity index (χ1n) is 6.93. The second-order valence-electron chi connectivity index (χ2n) is 5.66. The molecule has 5 nitrogen and oxygen atoms in total. The maximum absolute atomic E-state index is 12.5. The van der Waals surface area contributed by atoms with Crippen molar-refractivity contribution in [2.24, 2.45) is 5.92 Å². The molecule has 0 spiro atoms. The van der Waals surface area contributed by atoms with Crippen molar-refractivity contribution in [3.63, 3.8) is 0 Å². The second kappa shape index (κ2) is 7.11. The van der Waals surface area contributed by atoms with Gasteiger partial charge in [0.2, 0.25) is 11.8 Å². The Balaban J connectivity index is 2.63. The van der Waals surface area contributed by atoms with Crippen LogP contribution in [0.4, 0.5) is 13.2 Å². The van der Waals surface area contributed by atoms with E-state index in [1.165, 1.54) is 16.7 Å². The van der Waals surface area contributed by atoms with Crippen molar-refractivity contribution in [3.8, 4) is 0 Å². The molecule has 1 saturated heterocycles. The summed E-state index contributed by atoms with van der Waals surface area (Å²) in [5, 5.41) is 2.50. The van der Waals surface area contributed by atoms with Gasteiger partial charge in [-0.25, -0.2) is 0 Å². The van der Waals surface area contributed by atoms with Crippen LogP contribution >= 0.6 is 0 Å². The number of nitrogens with zero attached hydrogens (tertiary/aromatic N) is 2. The maximum atomic E-state index is 12.5. The smallest absolute Gasteiger partial charge is 0.345 e. The van der Waals surface area contributed by atoms with Gasteiger partial charge in [0.1, 0.15) is 6.04 Å².